The van der Waals surface area contributed by atoms with Gasteiger partial charge in [-0.15, -0.1) is 22.7 Å². The standard InChI is InChI=1S/C26H31N5O3S.C21H20N4O3S/c1-5-34-20-9-17-12-27-11-16(17)8-19(20)30-23-22-18-7-6-15(25(32)31(4)13-26(2,3)33)10-21(18)35-24(22)29-14-28-23;1-2-28-16-6-13-9-22-8-12(13)5-15(16)25-19-18-14-4-3-11(21(26)27)7-17(14)29-20(18)24-10-23-19/h8-9,11,14-15,33H,5-7,10,12-13H2,1-4H3,(H,28,29,30);5-6,8,10-11H,2-4,7,9H2,1H3,(H,26,27)(H,23,24,25)/t15-;11-/m00/s1. The minimum Gasteiger partial charge on any atom is -0.492 e. The summed E-state index contributed by atoms with van der Waals surface area (Å²) in [5, 5.41) is 28.5. The van der Waals surface area contributed by atoms with E-state index in [0.717, 1.165) is 101 Å². The van der Waals surface area contributed by atoms with Crippen LogP contribution in [0.2, 0.25) is 0 Å². The molecule has 6 aromatic rings. The lowest BCUT2D eigenvalue weighted by atomic mass is 9.86. The number of benzene rings is 2. The van der Waals surface area contributed by atoms with Crippen LogP contribution in [0.1, 0.15) is 83.7 Å². The Morgan fingerprint density at radius 1 is 0.766 bits per heavy atom. The van der Waals surface area contributed by atoms with Crippen LogP contribution in [0.25, 0.3) is 20.4 Å². The van der Waals surface area contributed by atoms with Crippen molar-refractivity contribution in [2.75, 3.05) is 37.4 Å². The Labute approximate surface area is 378 Å². The maximum absolute atomic E-state index is 13.1. The summed E-state index contributed by atoms with van der Waals surface area (Å²) in [7, 11) is 1.77. The number of nitrogens with one attached hydrogen (secondary N) is 2. The molecule has 4 aromatic heterocycles. The third-order valence-electron chi connectivity index (χ3n) is 12.0. The lowest BCUT2D eigenvalue weighted by Crippen LogP contribution is -2.43. The molecule has 17 heteroatoms. The van der Waals surface area contributed by atoms with Gasteiger partial charge in [0.2, 0.25) is 5.91 Å². The van der Waals surface area contributed by atoms with Gasteiger partial charge in [-0.1, -0.05) is 0 Å². The van der Waals surface area contributed by atoms with Gasteiger partial charge in [0.15, 0.2) is 0 Å². The second-order valence-electron chi connectivity index (χ2n) is 17.2. The summed E-state index contributed by atoms with van der Waals surface area (Å²) in [6.07, 6.45) is 11.1. The molecular formula is C47H51N9O6S2. The fraction of sp³-hybridized carbons (Fsp3) is 0.404. The van der Waals surface area contributed by atoms with Crippen LogP contribution in [0, 0.1) is 11.8 Å². The van der Waals surface area contributed by atoms with Crippen molar-refractivity contribution in [3.8, 4) is 11.5 Å². The zero-order chi connectivity index (χ0) is 44.7. The Kier molecular flexibility index (Phi) is 12.1. The summed E-state index contributed by atoms with van der Waals surface area (Å²) in [5.74, 6) is 2.00. The van der Waals surface area contributed by atoms with Crippen LogP contribution < -0.4 is 20.1 Å². The number of carboxylic acid groups (broad SMARTS) is 1. The van der Waals surface area contributed by atoms with Gasteiger partial charge in [-0.2, -0.15) is 0 Å². The maximum atomic E-state index is 13.1. The average Bonchev–Trinajstić information content (AvgIpc) is 4.08. The molecule has 0 spiro atoms. The third-order valence-corrected chi connectivity index (χ3v) is 14.3. The second kappa shape index (κ2) is 17.9. The summed E-state index contributed by atoms with van der Waals surface area (Å²) in [6.45, 7) is 10.2. The molecule has 2 aliphatic heterocycles. The van der Waals surface area contributed by atoms with E-state index in [9.17, 15) is 19.8 Å². The van der Waals surface area contributed by atoms with E-state index >= 15 is 0 Å². The van der Waals surface area contributed by atoms with Crippen molar-refractivity contribution in [3.05, 3.63) is 80.1 Å². The highest BCUT2D eigenvalue weighted by molar-refractivity contribution is 7.19. The van der Waals surface area contributed by atoms with E-state index in [1.165, 1.54) is 16.0 Å². The number of aryl methyl sites for hydroxylation is 2. The van der Waals surface area contributed by atoms with Crippen molar-refractivity contribution in [1.82, 2.24) is 24.8 Å². The molecule has 1 amide bonds. The molecule has 0 saturated carbocycles. The molecule has 0 fully saturated rings. The maximum Gasteiger partial charge on any atom is 0.306 e. The number of rotatable bonds is 12. The molecule has 0 radical (unpaired) electrons. The van der Waals surface area contributed by atoms with Crippen LogP contribution in [-0.4, -0.2) is 91.8 Å². The highest BCUT2D eigenvalue weighted by Crippen LogP contribution is 2.44. The van der Waals surface area contributed by atoms with Gasteiger partial charge < -0.3 is 35.2 Å². The number of likely N-dealkylation sites (N-methyl/N-ethyl adjacent to an activating group) is 1. The monoisotopic (exact) mass is 901 g/mol. The SMILES string of the molecule is CCOc1cc2c(cc1Nc1ncnc3sc4c(c13)CC[C@H](C(=O)N(C)CC(C)(C)O)C4)C=NC2.CCOc1cc2c(cc1Nc1ncnc3sc4c(c13)CC[C@H](C(=O)O)C4)C=NC2. The molecule has 2 aliphatic carbocycles. The first-order chi connectivity index (χ1) is 30.9. The predicted octanol–water partition coefficient (Wildman–Crippen LogP) is 8.06. The number of ether oxygens (including phenoxy) is 2. The molecule has 64 heavy (non-hydrogen) atoms. The topological polar surface area (TPSA) is 197 Å². The van der Waals surface area contributed by atoms with Gasteiger partial charge in [-0.3, -0.25) is 19.6 Å². The van der Waals surface area contributed by atoms with Gasteiger partial charge in [0.1, 0.15) is 45.5 Å². The molecule has 2 atom stereocenters. The number of carbonyl (C=O) groups is 2. The first-order valence-electron chi connectivity index (χ1n) is 21.7. The van der Waals surface area contributed by atoms with Crippen molar-refractivity contribution >= 4 is 90.4 Å². The zero-order valence-electron chi connectivity index (χ0n) is 36.5. The van der Waals surface area contributed by atoms with Crippen LogP contribution in [0.15, 0.2) is 46.9 Å². The number of carboxylic acids is 1. The van der Waals surface area contributed by atoms with E-state index in [1.807, 2.05) is 38.4 Å². The van der Waals surface area contributed by atoms with Crippen LogP contribution in [0.5, 0.6) is 11.5 Å². The molecule has 0 unspecified atom stereocenters. The zero-order valence-corrected chi connectivity index (χ0v) is 38.2. The number of hydrogen-bond donors (Lipinski definition) is 4. The van der Waals surface area contributed by atoms with E-state index < -0.39 is 11.6 Å². The molecule has 2 aromatic carbocycles. The predicted molar refractivity (Wildman–Crippen MR) is 252 cm³/mol. The number of thiophene rings is 2. The average molecular weight is 902 g/mol. The number of aliphatic imine (C=N–C) groups is 2. The Bertz CT molecular complexity index is 2850. The van der Waals surface area contributed by atoms with E-state index in [4.69, 9.17) is 9.47 Å². The molecular weight excluding hydrogens is 851 g/mol. The molecule has 10 rings (SSSR count). The lowest BCUT2D eigenvalue weighted by Gasteiger charge is -2.30. The number of hydrogen-bond acceptors (Lipinski definition) is 15. The van der Waals surface area contributed by atoms with Crippen LogP contribution in [0.3, 0.4) is 0 Å². The highest BCUT2D eigenvalue weighted by Gasteiger charge is 2.33. The summed E-state index contributed by atoms with van der Waals surface area (Å²) < 4.78 is 11.8. The number of carbonyl (C=O) groups excluding carboxylic acids is 1. The van der Waals surface area contributed by atoms with Gasteiger partial charge in [-0.25, -0.2) is 19.9 Å². The summed E-state index contributed by atoms with van der Waals surface area (Å²) in [5.41, 5.74) is 7.66. The smallest absolute Gasteiger partial charge is 0.306 e. The van der Waals surface area contributed by atoms with E-state index in [2.05, 4.69) is 52.7 Å². The normalized spacial score (nSPS) is 17.0. The molecule has 332 valence electrons. The second-order valence-corrected chi connectivity index (χ2v) is 19.4. The summed E-state index contributed by atoms with van der Waals surface area (Å²) in [6, 6.07) is 8.20. The number of nitrogens with zero attached hydrogens (tertiary/aromatic N) is 7. The van der Waals surface area contributed by atoms with Gasteiger partial charge in [-0.05, 0) is 124 Å². The number of amides is 1. The Morgan fingerprint density at radius 2 is 1.25 bits per heavy atom. The molecule has 15 nitrogen and oxygen atoms in total. The lowest BCUT2D eigenvalue weighted by molar-refractivity contribution is -0.142. The Balaban J connectivity index is 0.000000165. The minimum atomic E-state index is -0.915. The number of aromatic nitrogens is 4. The van der Waals surface area contributed by atoms with Gasteiger partial charge in [0.25, 0.3) is 0 Å². The largest absolute Gasteiger partial charge is 0.492 e. The highest BCUT2D eigenvalue weighted by atomic mass is 32.1. The van der Waals surface area contributed by atoms with Crippen LogP contribution in [-0.2, 0) is 48.4 Å². The van der Waals surface area contributed by atoms with E-state index in [0.29, 0.717) is 52.1 Å². The van der Waals surface area contributed by atoms with Crippen LogP contribution >= 0.6 is 22.7 Å². The molecule has 0 saturated heterocycles. The van der Waals surface area contributed by atoms with Crippen molar-refractivity contribution < 1.29 is 29.3 Å². The Hall–Kier alpha value is -6.04. The summed E-state index contributed by atoms with van der Waals surface area (Å²) >= 11 is 3.21. The third kappa shape index (κ3) is 8.75. The number of fused-ring (bicyclic) bond motifs is 8. The number of anilines is 4. The van der Waals surface area contributed by atoms with Crippen molar-refractivity contribution in [3.63, 3.8) is 0 Å². The molecule has 4 N–H and O–H groups in total. The van der Waals surface area contributed by atoms with Crippen molar-refractivity contribution in [2.24, 2.45) is 21.8 Å². The number of aliphatic carboxylic acids is 1. The minimum absolute atomic E-state index is 0.0841. The van der Waals surface area contributed by atoms with Gasteiger partial charge >= 0.3 is 5.97 Å². The molecule has 0 bridgehead atoms. The van der Waals surface area contributed by atoms with Gasteiger partial charge in [0, 0.05) is 41.7 Å². The quantitative estimate of drug-likeness (QED) is 0.0924. The molecule has 4 aliphatic rings. The van der Waals surface area contributed by atoms with Gasteiger partial charge in [0.05, 0.1) is 60.0 Å². The van der Waals surface area contributed by atoms with E-state index in [1.54, 1.807) is 61.1 Å². The molecule has 6 heterocycles. The fourth-order valence-corrected chi connectivity index (χ4v) is 11.6. The Morgan fingerprint density at radius 3 is 1.72 bits per heavy atom. The van der Waals surface area contributed by atoms with E-state index in [-0.39, 0.29) is 17.7 Å². The summed E-state index contributed by atoms with van der Waals surface area (Å²) in [4.78, 5) is 57.0. The first kappa shape index (κ1) is 43.2. The fourth-order valence-electron chi connectivity index (χ4n) is 9.08. The number of aliphatic hydroxyl groups is 1. The van der Waals surface area contributed by atoms with Crippen molar-refractivity contribution in [2.45, 2.75) is 84.9 Å². The first-order valence-corrected chi connectivity index (χ1v) is 23.3. The van der Waals surface area contributed by atoms with Crippen LogP contribution in [0.4, 0.5) is 23.0 Å². The van der Waals surface area contributed by atoms with Crippen molar-refractivity contribution in [1.29, 1.82) is 0 Å².